The van der Waals surface area contributed by atoms with Gasteiger partial charge in [0, 0.05) is 24.5 Å². The fraction of sp³-hybridized carbons (Fsp3) is 0.833. The lowest BCUT2D eigenvalue weighted by Gasteiger charge is -2.32. The van der Waals surface area contributed by atoms with E-state index < -0.39 is 0 Å². The highest BCUT2D eigenvalue weighted by Crippen LogP contribution is 2.23. The molecule has 0 N–H and O–H groups in total. The molecule has 124 valence electrons. The van der Waals surface area contributed by atoms with E-state index in [0.29, 0.717) is 0 Å². The van der Waals surface area contributed by atoms with Crippen molar-refractivity contribution in [2.45, 2.75) is 70.9 Å². The van der Waals surface area contributed by atoms with E-state index in [4.69, 9.17) is 4.98 Å². The van der Waals surface area contributed by atoms with E-state index in [1.807, 2.05) is 11.3 Å². The number of hydrogen-bond acceptors (Lipinski definition) is 4. The van der Waals surface area contributed by atoms with Crippen molar-refractivity contribution < 1.29 is 0 Å². The van der Waals surface area contributed by atoms with E-state index >= 15 is 0 Å². The van der Waals surface area contributed by atoms with Crippen LogP contribution >= 0.6 is 11.3 Å². The van der Waals surface area contributed by atoms with E-state index in [9.17, 15) is 0 Å². The maximum atomic E-state index is 4.86. The lowest BCUT2D eigenvalue weighted by Crippen LogP contribution is -2.42. The summed E-state index contributed by atoms with van der Waals surface area (Å²) in [6.45, 7) is 8.52. The monoisotopic (exact) mass is 321 g/mol. The SMILES string of the molecule is CCCCc1nc(CN2CCCC2CN2CCCCC2)cs1. The third-order valence-corrected chi connectivity index (χ3v) is 6.08. The second-order valence-corrected chi connectivity index (χ2v) is 7.91. The maximum Gasteiger partial charge on any atom is 0.0928 e. The molecule has 1 unspecified atom stereocenters. The van der Waals surface area contributed by atoms with Gasteiger partial charge in [0.2, 0.25) is 0 Å². The molecule has 2 saturated heterocycles. The predicted molar refractivity (Wildman–Crippen MR) is 94.4 cm³/mol. The number of rotatable bonds is 7. The summed E-state index contributed by atoms with van der Waals surface area (Å²) >= 11 is 1.86. The minimum atomic E-state index is 0.763. The highest BCUT2D eigenvalue weighted by Gasteiger charge is 2.27. The van der Waals surface area contributed by atoms with Gasteiger partial charge in [-0.25, -0.2) is 4.98 Å². The van der Waals surface area contributed by atoms with Crippen LogP contribution in [0, 0.1) is 0 Å². The highest BCUT2D eigenvalue weighted by atomic mass is 32.1. The molecule has 2 aliphatic heterocycles. The van der Waals surface area contributed by atoms with E-state index in [-0.39, 0.29) is 0 Å². The number of likely N-dealkylation sites (tertiary alicyclic amines) is 2. The number of aryl methyl sites for hydroxylation is 1. The van der Waals surface area contributed by atoms with Crippen molar-refractivity contribution in [3.05, 3.63) is 16.1 Å². The molecule has 1 atom stereocenters. The summed E-state index contributed by atoms with van der Waals surface area (Å²) < 4.78 is 0. The van der Waals surface area contributed by atoms with Gasteiger partial charge in [0.15, 0.2) is 0 Å². The lowest BCUT2D eigenvalue weighted by molar-refractivity contribution is 0.148. The molecule has 0 saturated carbocycles. The molecule has 0 bridgehead atoms. The number of piperidine rings is 1. The molecule has 0 aliphatic carbocycles. The first-order valence-electron chi connectivity index (χ1n) is 9.25. The Balaban J connectivity index is 1.50. The van der Waals surface area contributed by atoms with Crippen LogP contribution in [-0.4, -0.2) is 47.0 Å². The van der Waals surface area contributed by atoms with Gasteiger partial charge < -0.3 is 4.90 Å². The molecule has 0 aromatic carbocycles. The highest BCUT2D eigenvalue weighted by molar-refractivity contribution is 7.09. The second-order valence-electron chi connectivity index (χ2n) is 6.96. The van der Waals surface area contributed by atoms with Gasteiger partial charge in [-0.3, -0.25) is 4.90 Å². The minimum Gasteiger partial charge on any atom is -0.302 e. The van der Waals surface area contributed by atoms with Crippen LogP contribution in [0.1, 0.15) is 62.6 Å². The standard InChI is InChI=1S/C18H31N3S/c1-2-3-9-18-19-16(15-22-18)13-21-12-7-8-17(21)14-20-10-5-4-6-11-20/h15,17H,2-14H2,1H3. The molecule has 0 radical (unpaired) electrons. The van der Waals surface area contributed by atoms with Crippen molar-refractivity contribution in [3.63, 3.8) is 0 Å². The van der Waals surface area contributed by atoms with Gasteiger partial charge in [0.25, 0.3) is 0 Å². The molecule has 4 heteroatoms. The average Bonchev–Trinajstić information content (AvgIpc) is 3.17. The normalized spacial score (nSPS) is 24.1. The number of thiazole rings is 1. The Kier molecular flexibility index (Phi) is 6.28. The van der Waals surface area contributed by atoms with E-state index in [0.717, 1.165) is 12.6 Å². The molecule has 0 amide bonds. The summed E-state index contributed by atoms with van der Waals surface area (Å²) in [5.74, 6) is 0. The van der Waals surface area contributed by atoms with Crippen molar-refractivity contribution in [2.75, 3.05) is 26.2 Å². The molecule has 2 aliphatic rings. The Labute approximate surface area is 139 Å². The number of unbranched alkanes of at least 4 members (excludes halogenated alkanes) is 1. The average molecular weight is 322 g/mol. The summed E-state index contributed by atoms with van der Waals surface area (Å²) in [4.78, 5) is 10.2. The minimum absolute atomic E-state index is 0.763. The Morgan fingerprint density at radius 2 is 2.05 bits per heavy atom. The molecular formula is C18H31N3S. The van der Waals surface area contributed by atoms with Crippen LogP contribution in [0.4, 0.5) is 0 Å². The van der Waals surface area contributed by atoms with Crippen LogP contribution < -0.4 is 0 Å². The molecule has 3 heterocycles. The Hall–Kier alpha value is -0.450. The van der Waals surface area contributed by atoms with Gasteiger partial charge in [0.1, 0.15) is 0 Å². The van der Waals surface area contributed by atoms with Crippen molar-refractivity contribution >= 4 is 11.3 Å². The zero-order valence-corrected chi connectivity index (χ0v) is 14.9. The van der Waals surface area contributed by atoms with Crippen LogP contribution in [-0.2, 0) is 13.0 Å². The number of nitrogens with zero attached hydrogens (tertiary/aromatic N) is 3. The number of aromatic nitrogens is 1. The molecule has 1 aromatic rings. The summed E-state index contributed by atoms with van der Waals surface area (Å²) in [5, 5.41) is 3.63. The molecule has 3 nitrogen and oxygen atoms in total. The van der Waals surface area contributed by atoms with E-state index in [2.05, 4.69) is 22.1 Å². The number of hydrogen-bond donors (Lipinski definition) is 0. The molecule has 1 aromatic heterocycles. The third-order valence-electron chi connectivity index (χ3n) is 5.13. The fourth-order valence-electron chi connectivity index (χ4n) is 3.82. The summed E-state index contributed by atoms with van der Waals surface area (Å²) in [5.41, 5.74) is 1.31. The van der Waals surface area contributed by atoms with Crippen LogP contribution in [0.3, 0.4) is 0 Å². The van der Waals surface area contributed by atoms with Crippen molar-refractivity contribution in [1.29, 1.82) is 0 Å². The predicted octanol–water partition coefficient (Wildman–Crippen LogP) is 3.94. The van der Waals surface area contributed by atoms with Crippen molar-refractivity contribution in [1.82, 2.24) is 14.8 Å². The van der Waals surface area contributed by atoms with Crippen LogP contribution in [0.5, 0.6) is 0 Å². The third kappa shape index (κ3) is 4.53. The van der Waals surface area contributed by atoms with Crippen LogP contribution in [0.25, 0.3) is 0 Å². The first-order valence-corrected chi connectivity index (χ1v) is 10.1. The van der Waals surface area contributed by atoms with Crippen LogP contribution in [0.15, 0.2) is 5.38 Å². The van der Waals surface area contributed by atoms with E-state index in [1.165, 1.54) is 88.2 Å². The van der Waals surface area contributed by atoms with Gasteiger partial charge in [-0.2, -0.15) is 0 Å². The molecule has 0 spiro atoms. The molecule has 3 rings (SSSR count). The van der Waals surface area contributed by atoms with Crippen molar-refractivity contribution in [3.8, 4) is 0 Å². The first kappa shape index (κ1) is 16.4. The maximum absolute atomic E-state index is 4.86. The Morgan fingerprint density at radius 3 is 2.86 bits per heavy atom. The lowest BCUT2D eigenvalue weighted by atomic mass is 10.1. The topological polar surface area (TPSA) is 19.4 Å². The van der Waals surface area contributed by atoms with Crippen LogP contribution in [0.2, 0.25) is 0 Å². The first-order chi connectivity index (χ1) is 10.8. The molecule has 22 heavy (non-hydrogen) atoms. The van der Waals surface area contributed by atoms with Gasteiger partial charge in [-0.15, -0.1) is 11.3 Å². The Bertz CT molecular complexity index is 439. The summed E-state index contributed by atoms with van der Waals surface area (Å²) in [6, 6.07) is 0.763. The van der Waals surface area contributed by atoms with Gasteiger partial charge in [-0.1, -0.05) is 19.8 Å². The van der Waals surface area contributed by atoms with Gasteiger partial charge in [-0.05, 0) is 58.2 Å². The quantitative estimate of drug-likeness (QED) is 0.758. The fourth-order valence-corrected chi connectivity index (χ4v) is 4.65. The molecular weight excluding hydrogens is 290 g/mol. The summed E-state index contributed by atoms with van der Waals surface area (Å²) in [7, 11) is 0. The zero-order chi connectivity index (χ0) is 15.2. The largest absolute Gasteiger partial charge is 0.302 e. The van der Waals surface area contributed by atoms with Gasteiger partial charge >= 0.3 is 0 Å². The summed E-state index contributed by atoms with van der Waals surface area (Å²) in [6.07, 6.45) is 10.7. The van der Waals surface area contributed by atoms with E-state index in [1.54, 1.807) is 0 Å². The van der Waals surface area contributed by atoms with Crippen molar-refractivity contribution in [2.24, 2.45) is 0 Å². The molecule has 2 fully saturated rings. The smallest absolute Gasteiger partial charge is 0.0928 e. The van der Waals surface area contributed by atoms with Gasteiger partial charge in [0.05, 0.1) is 10.7 Å². The Morgan fingerprint density at radius 1 is 1.18 bits per heavy atom. The zero-order valence-electron chi connectivity index (χ0n) is 14.1. The second kappa shape index (κ2) is 8.42.